The number of hydrogen-bond acceptors (Lipinski definition) is 2. The zero-order chi connectivity index (χ0) is 12.4. The van der Waals surface area contributed by atoms with Crippen molar-refractivity contribution in [3.8, 4) is 0 Å². The average Bonchev–Trinajstić information content (AvgIpc) is 3.07. The first kappa shape index (κ1) is 12.7. The van der Waals surface area contributed by atoms with Gasteiger partial charge in [0.1, 0.15) is 5.82 Å². The first-order valence-corrected chi connectivity index (χ1v) is 7.07. The van der Waals surface area contributed by atoms with Gasteiger partial charge in [0.15, 0.2) is 0 Å². The highest BCUT2D eigenvalue weighted by molar-refractivity contribution is 6.17. The van der Waals surface area contributed by atoms with Crippen LogP contribution in [0.25, 0.3) is 0 Å². The highest BCUT2D eigenvalue weighted by Gasteiger charge is 2.32. The van der Waals surface area contributed by atoms with Crippen molar-refractivity contribution in [2.24, 2.45) is 7.05 Å². The molecule has 0 amide bonds. The van der Waals surface area contributed by atoms with Gasteiger partial charge in [-0.25, -0.2) is 0 Å². The first-order valence-electron chi connectivity index (χ1n) is 6.54. The number of aromatic nitrogens is 2. The molecule has 0 aromatic carbocycles. The molecule has 1 aromatic rings. The zero-order valence-electron chi connectivity index (χ0n) is 11.0. The van der Waals surface area contributed by atoms with Crippen LogP contribution in [0.5, 0.6) is 0 Å². The van der Waals surface area contributed by atoms with Crippen molar-refractivity contribution in [1.29, 1.82) is 0 Å². The van der Waals surface area contributed by atoms with Crippen LogP contribution in [0.2, 0.25) is 0 Å². The molecular formula is C13H22ClN3. The van der Waals surface area contributed by atoms with Crippen LogP contribution in [0.3, 0.4) is 0 Å². The summed E-state index contributed by atoms with van der Waals surface area (Å²) in [5.74, 6) is 1.80. The van der Waals surface area contributed by atoms with E-state index >= 15 is 0 Å². The minimum absolute atomic E-state index is 0.560. The summed E-state index contributed by atoms with van der Waals surface area (Å²) in [5, 5.41) is 4.51. The zero-order valence-corrected chi connectivity index (χ0v) is 11.8. The van der Waals surface area contributed by atoms with Crippen molar-refractivity contribution in [2.75, 3.05) is 11.4 Å². The van der Waals surface area contributed by atoms with E-state index in [0.29, 0.717) is 5.88 Å². The molecule has 0 spiro atoms. The Morgan fingerprint density at radius 1 is 1.47 bits per heavy atom. The van der Waals surface area contributed by atoms with E-state index in [0.717, 1.165) is 18.3 Å². The molecule has 0 bridgehead atoms. The van der Waals surface area contributed by atoms with E-state index in [9.17, 15) is 0 Å². The van der Waals surface area contributed by atoms with Crippen molar-refractivity contribution >= 4 is 17.4 Å². The van der Waals surface area contributed by atoms with Crippen LogP contribution in [0.15, 0.2) is 0 Å². The molecule has 0 unspecified atom stereocenters. The smallest absolute Gasteiger partial charge is 0.131 e. The molecule has 1 fully saturated rings. The molecule has 1 aromatic heterocycles. The van der Waals surface area contributed by atoms with Crippen molar-refractivity contribution in [3.63, 3.8) is 0 Å². The summed E-state index contributed by atoms with van der Waals surface area (Å²) in [4.78, 5) is 2.52. The summed E-state index contributed by atoms with van der Waals surface area (Å²) < 4.78 is 2.00. The molecule has 1 saturated carbocycles. The lowest BCUT2D eigenvalue weighted by atomic mass is 10.2. The van der Waals surface area contributed by atoms with Gasteiger partial charge in [-0.3, -0.25) is 4.68 Å². The minimum atomic E-state index is 0.560. The summed E-state index contributed by atoms with van der Waals surface area (Å²) in [7, 11) is 2.03. The number of halogens is 1. The molecule has 0 N–H and O–H groups in total. The lowest BCUT2D eigenvalue weighted by Gasteiger charge is -2.25. The molecule has 0 atom stereocenters. The summed E-state index contributed by atoms with van der Waals surface area (Å²) in [5.41, 5.74) is 2.27. The Kier molecular flexibility index (Phi) is 3.97. The molecule has 1 aliphatic carbocycles. The normalized spacial score (nSPS) is 15.3. The van der Waals surface area contributed by atoms with Crippen LogP contribution in [-0.2, 0) is 12.9 Å². The Balaban J connectivity index is 2.27. The third-order valence-corrected chi connectivity index (χ3v) is 3.73. The third kappa shape index (κ3) is 2.59. The largest absolute Gasteiger partial charge is 0.354 e. The van der Waals surface area contributed by atoms with E-state index in [1.54, 1.807) is 0 Å². The molecule has 0 radical (unpaired) electrons. The maximum Gasteiger partial charge on any atom is 0.131 e. The van der Waals surface area contributed by atoms with Gasteiger partial charge in [-0.1, -0.05) is 13.3 Å². The average molecular weight is 256 g/mol. The lowest BCUT2D eigenvalue weighted by Crippen LogP contribution is -2.29. The van der Waals surface area contributed by atoms with E-state index in [-0.39, 0.29) is 0 Å². The van der Waals surface area contributed by atoms with Crippen molar-refractivity contribution in [2.45, 2.75) is 51.5 Å². The molecule has 1 aliphatic rings. The van der Waals surface area contributed by atoms with Crippen LogP contribution in [0.1, 0.15) is 43.9 Å². The van der Waals surface area contributed by atoms with E-state index in [2.05, 4.69) is 16.9 Å². The Morgan fingerprint density at radius 3 is 2.71 bits per heavy atom. The summed E-state index contributed by atoms with van der Waals surface area (Å²) in [6.45, 7) is 5.41. The molecule has 2 rings (SSSR count). The first-order chi connectivity index (χ1) is 8.19. The minimum Gasteiger partial charge on any atom is -0.354 e. The van der Waals surface area contributed by atoms with Gasteiger partial charge in [-0.2, -0.15) is 5.10 Å². The summed E-state index contributed by atoms with van der Waals surface area (Å²) in [6, 6.07) is 0.721. The number of anilines is 1. The second-order valence-electron chi connectivity index (χ2n) is 4.92. The third-order valence-electron chi connectivity index (χ3n) is 3.46. The Bertz CT molecular complexity index is 382. The van der Waals surface area contributed by atoms with Crippen molar-refractivity contribution < 1.29 is 0 Å². The van der Waals surface area contributed by atoms with E-state index in [4.69, 9.17) is 11.6 Å². The molecule has 4 heteroatoms. The van der Waals surface area contributed by atoms with Crippen molar-refractivity contribution in [1.82, 2.24) is 9.78 Å². The Labute approximate surface area is 109 Å². The number of aryl methyl sites for hydroxylation is 2. The van der Waals surface area contributed by atoms with Gasteiger partial charge >= 0.3 is 0 Å². The van der Waals surface area contributed by atoms with Crippen LogP contribution in [0.4, 0.5) is 5.82 Å². The van der Waals surface area contributed by atoms with Gasteiger partial charge in [-0.05, 0) is 26.2 Å². The van der Waals surface area contributed by atoms with Gasteiger partial charge in [0, 0.05) is 25.2 Å². The monoisotopic (exact) mass is 255 g/mol. The predicted octanol–water partition coefficient (Wildman–Crippen LogP) is 3.24. The van der Waals surface area contributed by atoms with Crippen LogP contribution in [-0.4, -0.2) is 22.4 Å². The second-order valence-corrected chi connectivity index (χ2v) is 5.19. The molecule has 17 heavy (non-hydrogen) atoms. The highest BCUT2D eigenvalue weighted by Crippen LogP contribution is 2.35. The predicted molar refractivity (Wildman–Crippen MR) is 72.8 cm³/mol. The maximum atomic E-state index is 6.07. The molecule has 0 aliphatic heterocycles. The maximum absolute atomic E-state index is 6.07. The van der Waals surface area contributed by atoms with Crippen LogP contribution >= 0.6 is 11.6 Å². The number of rotatable bonds is 6. The number of hydrogen-bond donors (Lipinski definition) is 0. The summed E-state index contributed by atoms with van der Waals surface area (Å²) >= 11 is 6.07. The molecular weight excluding hydrogens is 234 g/mol. The Hall–Kier alpha value is -0.700. The quantitative estimate of drug-likeness (QED) is 0.728. The van der Waals surface area contributed by atoms with E-state index < -0.39 is 0 Å². The van der Waals surface area contributed by atoms with E-state index in [1.165, 1.54) is 37.1 Å². The van der Waals surface area contributed by atoms with Crippen molar-refractivity contribution in [3.05, 3.63) is 11.3 Å². The van der Waals surface area contributed by atoms with Gasteiger partial charge in [0.2, 0.25) is 0 Å². The standard InChI is InChI=1S/C13H22ClN3/c1-4-5-8-17(11-6-7-11)13-12(9-14)10(2)15-16(13)3/h11H,4-9H2,1-3H3. The SMILES string of the molecule is CCCCN(c1c(CCl)c(C)nn1C)C1CC1. The Morgan fingerprint density at radius 2 is 2.18 bits per heavy atom. The lowest BCUT2D eigenvalue weighted by molar-refractivity contribution is 0.661. The fourth-order valence-corrected chi connectivity index (χ4v) is 2.69. The molecule has 1 heterocycles. The van der Waals surface area contributed by atoms with Gasteiger partial charge in [0.25, 0.3) is 0 Å². The highest BCUT2D eigenvalue weighted by atomic mass is 35.5. The van der Waals surface area contributed by atoms with Gasteiger partial charge in [-0.15, -0.1) is 11.6 Å². The number of alkyl halides is 1. The van der Waals surface area contributed by atoms with E-state index in [1.807, 2.05) is 18.7 Å². The fourth-order valence-electron chi connectivity index (χ4n) is 2.38. The molecule has 96 valence electrons. The molecule has 3 nitrogen and oxygen atoms in total. The number of unbranched alkanes of at least 4 members (excludes halogenated alkanes) is 1. The summed E-state index contributed by atoms with van der Waals surface area (Å²) in [6.07, 6.45) is 5.10. The van der Waals surface area contributed by atoms with Crippen LogP contribution < -0.4 is 4.90 Å². The van der Waals surface area contributed by atoms with Gasteiger partial charge in [0.05, 0.1) is 11.6 Å². The number of nitrogens with zero attached hydrogens (tertiary/aromatic N) is 3. The molecule has 0 saturated heterocycles. The van der Waals surface area contributed by atoms with Crippen LogP contribution in [0, 0.1) is 6.92 Å². The van der Waals surface area contributed by atoms with Gasteiger partial charge < -0.3 is 4.90 Å². The topological polar surface area (TPSA) is 21.1 Å². The fraction of sp³-hybridized carbons (Fsp3) is 0.769. The second kappa shape index (κ2) is 5.30.